The first-order chi connectivity index (χ1) is 15.2. The van der Waals surface area contributed by atoms with Crippen LogP contribution in [0.2, 0.25) is 0 Å². The van der Waals surface area contributed by atoms with E-state index >= 15 is 0 Å². The van der Waals surface area contributed by atoms with E-state index in [0.29, 0.717) is 6.79 Å². The smallest absolute Gasteiger partial charge is 0.231 e. The van der Waals surface area contributed by atoms with Crippen molar-refractivity contribution in [3.63, 3.8) is 0 Å². The second-order valence-corrected chi connectivity index (χ2v) is 8.66. The highest BCUT2D eigenvalue weighted by Gasteiger charge is 2.36. The van der Waals surface area contributed by atoms with Crippen molar-refractivity contribution in [2.24, 2.45) is 5.92 Å². The Morgan fingerprint density at radius 1 is 0.968 bits per heavy atom. The molecule has 31 heavy (non-hydrogen) atoms. The number of hydrogen-bond donors (Lipinski definition) is 2. The van der Waals surface area contributed by atoms with E-state index in [1.165, 1.54) is 11.1 Å². The van der Waals surface area contributed by atoms with Gasteiger partial charge in [-0.2, -0.15) is 0 Å². The minimum atomic E-state index is -0.0952. The number of benzene rings is 2. The molecule has 0 radical (unpaired) electrons. The summed E-state index contributed by atoms with van der Waals surface area (Å²) in [7, 11) is 0. The van der Waals surface area contributed by atoms with Gasteiger partial charge in [0, 0.05) is 38.8 Å². The maximum absolute atomic E-state index is 12.9. The number of hydrogen-bond acceptors (Lipinski definition) is 6. The van der Waals surface area contributed by atoms with E-state index in [4.69, 9.17) is 9.47 Å². The lowest BCUT2D eigenvalue weighted by Crippen LogP contribution is -2.68. The zero-order valence-electron chi connectivity index (χ0n) is 17.9. The van der Waals surface area contributed by atoms with Gasteiger partial charge < -0.3 is 14.8 Å². The fourth-order valence-corrected chi connectivity index (χ4v) is 4.69. The Balaban J connectivity index is 1.13. The number of ether oxygens (including phenoxy) is 2. The van der Waals surface area contributed by atoms with Gasteiger partial charge >= 0.3 is 0 Å². The first-order valence-corrected chi connectivity index (χ1v) is 11.1. The van der Waals surface area contributed by atoms with Crippen LogP contribution in [0.1, 0.15) is 18.1 Å². The summed E-state index contributed by atoms with van der Waals surface area (Å²) in [5.74, 6) is 1.76. The van der Waals surface area contributed by atoms with Crippen molar-refractivity contribution >= 4 is 5.91 Å². The van der Waals surface area contributed by atoms with E-state index in [9.17, 15) is 4.79 Å². The molecule has 7 nitrogen and oxygen atoms in total. The summed E-state index contributed by atoms with van der Waals surface area (Å²) in [6.45, 7) is 7.08. The molecule has 3 heterocycles. The molecule has 5 rings (SSSR count). The van der Waals surface area contributed by atoms with Crippen LogP contribution < -0.4 is 20.1 Å². The average Bonchev–Trinajstić information content (AvgIpc) is 3.25. The highest BCUT2D eigenvalue weighted by molar-refractivity contribution is 5.80. The SMILES string of the molecule is CC1NC(N2CCN(Cc3ccc4c(c3)OCO4)CC2)NC(=O)C1Cc1ccccc1. The molecule has 2 aromatic carbocycles. The van der Waals surface area contributed by atoms with E-state index in [0.717, 1.165) is 50.6 Å². The van der Waals surface area contributed by atoms with Gasteiger partial charge in [0.2, 0.25) is 12.7 Å². The second-order valence-electron chi connectivity index (χ2n) is 8.66. The molecule has 0 aliphatic carbocycles. The average molecular weight is 423 g/mol. The van der Waals surface area contributed by atoms with Gasteiger partial charge in [-0.15, -0.1) is 0 Å². The van der Waals surface area contributed by atoms with Gasteiger partial charge in [-0.3, -0.25) is 19.9 Å². The number of nitrogens with zero attached hydrogens (tertiary/aromatic N) is 2. The number of rotatable bonds is 5. The molecule has 2 saturated heterocycles. The van der Waals surface area contributed by atoms with Crippen molar-refractivity contribution < 1.29 is 14.3 Å². The second kappa shape index (κ2) is 8.86. The Hall–Kier alpha value is -2.61. The molecule has 2 N–H and O–H groups in total. The Morgan fingerprint density at radius 3 is 2.52 bits per heavy atom. The van der Waals surface area contributed by atoms with Gasteiger partial charge in [-0.05, 0) is 36.6 Å². The lowest BCUT2D eigenvalue weighted by Gasteiger charge is -2.44. The summed E-state index contributed by atoms with van der Waals surface area (Å²) in [5.41, 5.74) is 2.44. The van der Waals surface area contributed by atoms with Gasteiger partial charge in [0.1, 0.15) is 6.29 Å². The normalized spacial score (nSPS) is 26.6. The summed E-state index contributed by atoms with van der Waals surface area (Å²) >= 11 is 0. The van der Waals surface area contributed by atoms with Gasteiger partial charge in [-0.25, -0.2) is 0 Å². The van der Waals surface area contributed by atoms with Crippen molar-refractivity contribution in [2.75, 3.05) is 33.0 Å². The molecule has 2 aromatic rings. The Bertz CT molecular complexity index is 914. The number of nitrogens with one attached hydrogen (secondary N) is 2. The highest BCUT2D eigenvalue weighted by atomic mass is 16.7. The highest BCUT2D eigenvalue weighted by Crippen LogP contribution is 2.32. The van der Waals surface area contributed by atoms with Crippen LogP contribution >= 0.6 is 0 Å². The van der Waals surface area contributed by atoms with Gasteiger partial charge in [-0.1, -0.05) is 36.4 Å². The van der Waals surface area contributed by atoms with E-state index in [-0.39, 0.29) is 24.2 Å². The van der Waals surface area contributed by atoms with Crippen molar-refractivity contribution in [1.29, 1.82) is 0 Å². The van der Waals surface area contributed by atoms with E-state index < -0.39 is 0 Å². The van der Waals surface area contributed by atoms with E-state index in [1.54, 1.807) is 0 Å². The molecule has 3 aliphatic heterocycles. The minimum Gasteiger partial charge on any atom is -0.454 e. The van der Waals surface area contributed by atoms with Crippen molar-refractivity contribution in [3.05, 3.63) is 59.7 Å². The predicted molar refractivity (Wildman–Crippen MR) is 118 cm³/mol. The van der Waals surface area contributed by atoms with Crippen LogP contribution in [0.4, 0.5) is 0 Å². The topological polar surface area (TPSA) is 66.1 Å². The monoisotopic (exact) mass is 422 g/mol. The predicted octanol–water partition coefficient (Wildman–Crippen LogP) is 1.78. The van der Waals surface area contributed by atoms with Gasteiger partial charge in [0.25, 0.3) is 0 Å². The van der Waals surface area contributed by atoms with Crippen LogP contribution in [0.5, 0.6) is 11.5 Å². The van der Waals surface area contributed by atoms with Crippen LogP contribution in [0.15, 0.2) is 48.5 Å². The molecule has 164 valence electrons. The molecule has 0 saturated carbocycles. The number of carbonyl (C=O) groups is 1. The molecule has 3 atom stereocenters. The molecular formula is C24H30N4O3. The molecule has 7 heteroatoms. The molecule has 0 aromatic heterocycles. The molecule has 2 fully saturated rings. The number of piperazine rings is 1. The Kier molecular flexibility index (Phi) is 5.80. The maximum atomic E-state index is 12.9. The minimum absolute atomic E-state index is 0.0500. The molecule has 1 amide bonds. The summed E-state index contributed by atoms with van der Waals surface area (Å²) in [6, 6.07) is 16.5. The van der Waals surface area contributed by atoms with Crippen LogP contribution in [0.25, 0.3) is 0 Å². The van der Waals surface area contributed by atoms with Gasteiger partial charge in [0.05, 0.1) is 5.92 Å². The summed E-state index contributed by atoms with van der Waals surface area (Å²) in [5, 5.41) is 6.83. The zero-order chi connectivity index (χ0) is 21.2. The fourth-order valence-electron chi connectivity index (χ4n) is 4.69. The first kappa shape index (κ1) is 20.3. The third-order valence-corrected chi connectivity index (χ3v) is 6.55. The van der Waals surface area contributed by atoms with Crippen molar-refractivity contribution in [2.45, 2.75) is 32.2 Å². The van der Waals surface area contributed by atoms with Crippen molar-refractivity contribution in [1.82, 2.24) is 20.4 Å². The third kappa shape index (κ3) is 4.54. The van der Waals surface area contributed by atoms with Crippen molar-refractivity contribution in [3.8, 4) is 11.5 Å². The molecule has 0 bridgehead atoms. The Labute approximate surface area is 183 Å². The van der Waals surface area contributed by atoms with Crippen LogP contribution in [-0.2, 0) is 17.8 Å². The van der Waals surface area contributed by atoms with Crippen LogP contribution in [-0.4, -0.2) is 61.0 Å². The van der Waals surface area contributed by atoms with Crippen LogP contribution in [0, 0.1) is 5.92 Å². The standard InChI is InChI=1S/C24H30N4O3/c1-17-20(13-18-5-3-2-4-6-18)23(29)26-24(25-17)28-11-9-27(10-12-28)15-19-7-8-21-22(14-19)31-16-30-21/h2-8,14,17,20,24-25H,9-13,15-16H2,1H3,(H,26,29). The van der Waals surface area contributed by atoms with Crippen LogP contribution in [0.3, 0.4) is 0 Å². The van der Waals surface area contributed by atoms with E-state index in [1.807, 2.05) is 24.3 Å². The molecular weight excluding hydrogens is 392 g/mol. The number of carbonyl (C=O) groups excluding carboxylic acids is 1. The van der Waals surface area contributed by atoms with E-state index in [2.05, 4.69) is 51.6 Å². The summed E-state index contributed by atoms with van der Waals surface area (Å²) in [4.78, 5) is 17.6. The third-order valence-electron chi connectivity index (χ3n) is 6.55. The fraction of sp³-hybridized carbons (Fsp3) is 0.458. The maximum Gasteiger partial charge on any atom is 0.231 e. The molecule has 3 aliphatic rings. The lowest BCUT2D eigenvalue weighted by atomic mass is 9.90. The summed E-state index contributed by atoms with van der Waals surface area (Å²) in [6.07, 6.45) is 0.666. The van der Waals surface area contributed by atoms with Gasteiger partial charge in [0.15, 0.2) is 11.5 Å². The largest absolute Gasteiger partial charge is 0.454 e. The quantitative estimate of drug-likeness (QED) is 0.766. The number of amides is 1. The zero-order valence-corrected chi connectivity index (χ0v) is 17.9. The lowest BCUT2D eigenvalue weighted by molar-refractivity contribution is -0.132. The Morgan fingerprint density at radius 2 is 1.74 bits per heavy atom. The first-order valence-electron chi connectivity index (χ1n) is 11.1. The molecule has 3 unspecified atom stereocenters. The molecule has 0 spiro atoms. The summed E-state index contributed by atoms with van der Waals surface area (Å²) < 4.78 is 10.9. The number of fused-ring (bicyclic) bond motifs is 1.